The largest absolute Gasteiger partial charge is 0.317 e. The molecule has 1 N–H and O–H groups in total. The van der Waals surface area contributed by atoms with Crippen LogP contribution in [0.2, 0.25) is 0 Å². The zero-order chi connectivity index (χ0) is 12.0. The van der Waals surface area contributed by atoms with Gasteiger partial charge in [-0.15, -0.1) is 0 Å². The van der Waals surface area contributed by atoms with Crippen molar-refractivity contribution < 1.29 is 4.39 Å². The monoisotopic (exact) mass is 305 g/mol. The number of hydrogen-bond donors (Lipinski definition) is 1. The van der Waals surface area contributed by atoms with Crippen LogP contribution in [0.15, 0.2) is 22.7 Å². The van der Waals surface area contributed by atoms with Gasteiger partial charge in [-0.1, -0.05) is 22.0 Å². The molecule has 0 bridgehead atoms. The van der Waals surface area contributed by atoms with Crippen molar-refractivity contribution in [2.75, 3.05) is 19.1 Å². The number of nitrogens with one attached hydrogen (secondary N) is 1. The topological polar surface area (TPSA) is 12.0 Å². The van der Waals surface area contributed by atoms with Gasteiger partial charge in [0, 0.05) is 10.5 Å². The Morgan fingerprint density at radius 1 is 1.50 bits per heavy atom. The van der Waals surface area contributed by atoms with Crippen LogP contribution in [0.5, 0.6) is 0 Å². The van der Waals surface area contributed by atoms with Crippen LogP contribution in [0.25, 0.3) is 0 Å². The van der Waals surface area contributed by atoms with Crippen LogP contribution in [0.1, 0.15) is 12.0 Å². The number of likely N-dealkylation sites (N-methyl/N-ethyl adjacent to an activating group) is 1. The highest BCUT2D eigenvalue weighted by Gasteiger charge is 2.10. The second-order valence-corrected chi connectivity index (χ2v) is 5.61. The normalized spacial score (nSPS) is 12.8. The van der Waals surface area contributed by atoms with Crippen molar-refractivity contribution in [1.29, 1.82) is 0 Å². The lowest BCUT2D eigenvalue weighted by molar-refractivity contribution is 0.525. The van der Waals surface area contributed by atoms with Crippen molar-refractivity contribution in [3.8, 4) is 0 Å². The Hall–Kier alpha value is -0.0600. The Labute approximate surface area is 109 Å². The van der Waals surface area contributed by atoms with E-state index in [9.17, 15) is 4.39 Å². The summed E-state index contributed by atoms with van der Waals surface area (Å²) in [6.07, 6.45) is 3.90. The molecule has 0 aliphatic heterocycles. The minimum Gasteiger partial charge on any atom is -0.317 e. The summed E-state index contributed by atoms with van der Waals surface area (Å²) >= 11 is 5.08. The summed E-state index contributed by atoms with van der Waals surface area (Å²) in [5, 5.41) is 3.24. The van der Waals surface area contributed by atoms with Crippen LogP contribution < -0.4 is 5.32 Å². The zero-order valence-corrected chi connectivity index (χ0v) is 12.0. The fourth-order valence-electron chi connectivity index (χ4n) is 1.56. The van der Waals surface area contributed by atoms with Crippen LogP contribution in [0.3, 0.4) is 0 Å². The van der Waals surface area contributed by atoms with E-state index < -0.39 is 0 Å². The maximum atomic E-state index is 13.6. The van der Waals surface area contributed by atoms with E-state index >= 15 is 0 Å². The minimum atomic E-state index is -0.126. The van der Waals surface area contributed by atoms with Crippen LogP contribution in [-0.4, -0.2) is 25.1 Å². The standard InChI is InChI=1S/C12H17BrFNS/c1-15-11(5-6-16-2)7-9-3-4-10(13)8-12(9)14/h3-4,8,11,15H,5-7H2,1-2H3. The van der Waals surface area contributed by atoms with E-state index in [1.165, 1.54) is 6.07 Å². The molecule has 4 heteroatoms. The zero-order valence-electron chi connectivity index (χ0n) is 9.59. The van der Waals surface area contributed by atoms with E-state index in [-0.39, 0.29) is 5.82 Å². The van der Waals surface area contributed by atoms with E-state index in [1.54, 1.807) is 0 Å². The average molecular weight is 306 g/mol. The summed E-state index contributed by atoms with van der Waals surface area (Å²) in [5.74, 6) is 0.975. The Morgan fingerprint density at radius 2 is 2.25 bits per heavy atom. The average Bonchev–Trinajstić information content (AvgIpc) is 2.27. The van der Waals surface area contributed by atoms with Crippen LogP contribution in [0.4, 0.5) is 4.39 Å². The van der Waals surface area contributed by atoms with Gasteiger partial charge in [-0.25, -0.2) is 4.39 Å². The van der Waals surface area contributed by atoms with Crippen molar-refractivity contribution >= 4 is 27.7 Å². The smallest absolute Gasteiger partial charge is 0.127 e. The van der Waals surface area contributed by atoms with E-state index in [1.807, 2.05) is 30.9 Å². The molecule has 0 saturated carbocycles. The molecule has 0 aliphatic carbocycles. The molecule has 0 heterocycles. The number of halogens is 2. The van der Waals surface area contributed by atoms with Crippen molar-refractivity contribution in [2.45, 2.75) is 18.9 Å². The van der Waals surface area contributed by atoms with Gasteiger partial charge in [0.2, 0.25) is 0 Å². The predicted octanol–water partition coefficient (Wildman–Crippen LogP) is 3.47. The van der Waals surface area contributed by atoms with Gasteiger partial charge in [0.25, 0.3) is 0 Å². The van der Waals surface area contributed by atoms with E-state index in [4.69, 9.17) is 0 Å². The molecule has 90 valence electrons. The summed E-state index contributed by atoms with van der Waals surface area (Å²) in [6.45, 7) is 0. The molecular formula is C12H17BrFNS. The summed E-state index contributed by atoms with van der Waals surface area (Å²) in [4.78, 5) is 0. The second kappa shape index (κ2) is 7.30. The summed E-state index contributed by atoms with van der Waals surface area (Å²) in [7, 11) is 1.93. The Morgan fingerprint density at radius 3 is 2.81 bits per heavy atom. The predicted molar refractivity (Wildman–Crippen MR) is 73.7 cm³/mol. The van der Waals surface area contributed by atoms with Gasteiger partial charge in [-0.2, -0.15) is 11.8 Å². The van der Waals surface area contributed by atoms with Gasteiger partial charge in [0.05, 0.1) is 0 Å². The maximum absolute atomic E-state index is 13.6. The minimum absolute atomic E-state index is 0.126. The number of hydrogen-bond acceptors (Lipinski definition) is 2. The molecule has 1 rings (SSSR count). The summed E-state index contributed by atoms with van der Waals surface area (Å²) < 4.78 is 14.4. The quantitative estimate of drug-likeness (QED) is 0.863. The van der Waals surface area contributed by atoms with Crippen LogP contribution in [0, 0.1) is 5.82 Å². The lowest BCUT2D eigenvalue weighted by Gasteiger charge is -2.16. The van der Waals surface area contributed by atoms with Gasteiger partial charge in [0.1, 0.15) is 5.82 Å². The highest BCUT2D eigenvalue weighted by atomic mass is 79.9. The molecular weight excluding hydrogens is 289 g/mol. The third-order valence-electron chi connectivity index (χ3n) is 2.56. The molecule has 1 atom stereocenters. The fraction of sp³-hybridized carbons (Fsp3) is 0.500. The molecule has 0 aliphatic rings. The van der Waals surface area contributed by atoms with Gasteiger partial charge in [-0.3, -0.25) is 0 Å². The molecule has 1 nitrogen and oxygen atoms in total. The van der Waals surface area contributed by atoms with Gasteiger partial charge >= 0.3 is 0 Å². The molecule has 0 saturated heterocycles. The first-order valence-corrected chi connectivity index (χ1v) is 7.46. The fourth-order valence-corrected chi connectivity index (χ4v) is 2.41. The molecule has 1 aromatic rings. The molecule has 0 amide bonds. The molecule has 0 aromatic heterocycles. The van der Waals surface area contributed by atoms with Crippen molar-refractivity contribution in [3.05, 3.63) is 34.1 Å². The Kier molecular flexibility index (Phi) is 6.39. The van der Waals surface area contributed by atoms with Gasteiger partial charge < -0.3 is 5.32 Å². The molecule has 1 unspecified atom stereocenters. The lowest BCUT2D eigenvalue weighted by atomic mass is 10.0. The molecule has 1 aromatic carbocycles. The molecule has 16 heavy (non-hydrogen) atoms. The highest BCUT2D eigenvalue weighted by Crippen LogP contribution is 2.17. The number of thioether (sulfide) groups is 1. The highest BCUT2D eigenvalue weighted by molar-refractivity contribution is 9.10. The second-order valence-electron chi connectivity index (χ2n) is 3.71. The van der Waals surface area contributed by atoms with Gasteiger partial charge in [0.15, 0.2) is 0 Å². The molecule has 0 spiro atoms. The SMILES string of the molecule is CNC(CCSC)Cc1ccc(Br)cc1F. The van der Waals surface area contributed by atoms with Gasteiger partial charge in [-0.05, 0) is 49.6 Å². The third kappa shape index (κ3) is 4.44. The van der Waals surface area contributed by atoms with Crippen LogP contribution >= 0.6 is 27.7 Å². The third-order valence-corrected chi connectivity index (χ3v) is 3.70. The molecule has 0 radical (unpaired) electrons. The van der Waals surface area contributed by atoms with Crippen molar-refractivity contribution in [2.24, 2.45) is 0 Å². The Balaban J connectivity index is 2.62. The molecule has 0 fully saturated rings. The van der Waals surface area contributed by atoms with Crippen molar-refractivity contribution in [3.63, 3.8) is 0 Å². The van der Waals surface area contributed by atoms with E-state index in [2.05, 4.69) is 27.5 Å². The Bertz CT molecular complexity index is 333. The first-order valence-electron chi connectivity index (χ1n) is 5.27. The first kappa shape index (κ1) is 14.0. The van der Waals surface area contributed by atoms with Crippen LogP contribution in [-0.2, 0) is 6.42 Å². The first-order chi connectivity index (χ1) is 7.67. The number of benzene rings is 1. The summed E-state index contributed by atoms with van der Waals surface area (Å²) in [6, 6.07) is 5.61. The summed E-state index contributed by atoms with van der Waals surface area (Å²) in [5.41, 5.74) is 0.781. The van der Waals surface area contributed by atoms with E-state index in [0.29, 0.717) is 6.04 Å². The van der Waals surface area contributed by atoms with Crippen molar-refractivity contribution in [1.82, 2.24) is 5.32 Å². The van der Waals surface area contributed by atoms with E-state index in [0.717, 1.165) is 28.6 Å². The number of rotatable bonds is 6. The maximum Gasteiger partial charge on any atom is 0.127 e. The lowest BCUT2D eigenvalue weighted by Crippen LogP contribution is -2.28.